The molecule has 0 N–H and O–H groups in total. The van der Waals surface area contributed by atoms with Crippen LogP contribution in [0.4, 0.5) is 0 Å². The zero-order valence-corrected chi connectivity index (χ0v) is 12.9. The number of allylic oxidation sites excluding steroid dienone is 2. The minimum absolute atomic E-state index is 0.730. The first-order valence-electron chi connectivity index (χ1n) is 7.82. The molecule has 0 spiro atoms. The van der Waals surface area contributed by atoms with Crippen LogP contribution in [0.25, 0.3) is 10.8 Å². The highest BCUT2D eigenvalue weighted by Gasteiger charge is 2.16. The van der Waals surface area contributed by atoms with Gasteiger partial charge in [0.2, 0.25) is 0 Å². The Kier molecular flexibility index (Phi) is 3.65. The molecule has 0 radical (unpaired) electrons. The van der Waals surface area contributed by atoms with Gasteiger partial charge in [0, 0.05) is 0 Å². The smallest absolute Gasteiger partial charge is 0.0146 e. The Bertz CT molecular complexity index is 661. The lowest BCUT2D eigenvalue weighted by atomic mass is 9.83. The molecule has 0 heterocycles. The highest BCUT2D eigenvalue weighted by molar-refractivity contribution is 5.90. The predicted octanol–water partition coefficient (Wildman–Crippen LogP) is 5.66. The largest absolute Gasteiger partial charge is 0.0882 e. The van der Waals surface area contributed by atoms with E-state index in [4.69, 9.17) is 0 Å². The maximum absolute atomic E-state index is 2.44. The van der Waals surface area contributed by atoms with E-state index < -0.39 is 0 Å². The van der Waals surface area contributed by atoms with E-state index in [0.717, 1.165) is 5.92 Å². The third-order valence-electron chi connectivity index (χ3n) is 5.05. The summed E-state index contributed by atoms with van der Waals surface area (Å²) in [7, 11) is 0. The summed E-state index contributed by atoms with van der Waals surface area (Å²) in [5.41, 5.74) is 5.99. The van der Waals surface area contributed by atoms with Crippen molar-refractivity contribution in [1.82, 2.24) is 0 Å². The van der Waals surface area contributed by atoms with Crippen molar-refractivity contribution < 1.29 is 0 Å². The van der Waals surface area contributed by atoms with Gasteiger partial charge in [-0.1, -0.05) is 36.4 Å². The molecule has 1 atom stereocenters. The molecule has 0 amide bonds. The van der Waals surface area contributed by atoms with Gasteiger partial charge in [-0.05, 0) is 85.4 Å². The number of hydrogen-bond acceptors (Lipinski definition) is 0. The number of aryl methyl sites for hydroxylation is 1. The van der Waals surface area contributed by atoms with E-state index >= 15 is 0 Å². The van der Waals surface area contributed by atoms with Crippen molar-refractivity contribution >= 4 is 10.8 Å². The van der Waals surface area contributed by atoms with Crippen molar-refractivity contribution in [2.45, 2.75) is 46.5 Å². The predicted molar refractivity (Wildman–Crippen MR) is 88.3 cm³/mol. The Hall–Kier alpha value is -1.56. The third kappa shape index (κ3) is 2.28. The fourth-order valence-electron chi connectivity index (χ4n) is 3.56. The molecule has 0 aliphatic heterocycles. The number of benzene rings is 2. The molecule has 0 nitrogen and oxygen atoms in total. The molecular weight excluding hydrogens is 240 g/mol. The second-order valence-electron chi connectivity index (χ2n) is 6.22. The van der Waals surface area contributed by atoms with E-state index in [1.54, 1.807) is 5.56 Å². The van der Waals surface area contributed by atoms with Gasteiger partial charge in [0.25, 0.3) is 0 Å². The van der Waals surface area contributed by atoms with Crippen LogP contribution in [-0.4, -0.2) is 0 Å². The summed E-state index contributed by atoms with van der Waals surface area (Å²) in [6, 6.07) is 8.92. The average molecular weight is 264 g/mol. The maximum atomic E-state index is 2.44. The molecule has 104 valence electrons. The monoisotopic (exact) mass is 264 g/mol. The Morgan fingerprint density at radius 2 is 1.70 bits per heavy atom. The van der Waals surface area contributed by atoms with Crippen molar-refractivity contribution in [2.75, 3.05) is 0 Å². The highest BCUT2D eigenvalue weighted by atomic mass is 14.2. The zero-order chi connectivity index (χ0) is 14.1. The van der Waals surface area contributed by atoms with Crippen LogP contribution in [0.3, 0.4) is 0 Å². The Balaban J connectivity index is 2.13. The summed E-state index contributed by atoms with van der Waals surface area (Å²) in [4.78, 5) is 0. The average Bonchev–Trinajstić information content (AvgIpc) is 2.50. The molecule has 0 fully saturated rings. The van der Waals surface area contributed by atoms with Crippen LogP contribution in [0.2, 0.25) is 0 Å². The molecule has 0 aromatic heterocycles. The van der Waals surface area contributed by atoms with Gasteiger partial charge in [-0.25, -0.2) is 0 Å². The second-order valence-corrected chi connectivity index (χ2v) is 6.22. The number of fused-ring (bicyclic) bond motifs is 1. The summed E-state index contributed by atoms with van der Waals surface area (Å²) >= 11 is 0. The number of hydrogen-bond donors (Lipinski definition) is 0. The van der Waals surface area contributed by atoms with Gasteiger partial charge >= 0.3 is 0 Å². The van der Waals surface area contributed by atoms with E-state index in [9.17, 15) is 0 Å². The molecule has 1 aliphatic rings. The third-order valence-corrected chi connectivity index (χ3v) is 5.05. The fourth-order valence-corrected chi connectivity index (χ4v) is 3.56. The van der Waals surface area contributed by atoms with Crippen LogP contribution in [-0.2, 0) is 6.42 Å². The molecular formula is C20H24. The molecule has 1 aliphatic carbocycles. The van der Waals surface area contributed by atoms with E-state index in [2.05, 4.69) is 57.2 Å². The first kappa shape index (κ1) is 13.4. The van der Waals surface area contributed by atoms with Crippen molar-refractivity contribution in [1.29, 1.82) is 0 Å². The Morgan fingerprint density at radius 3 is 2.40 bits per heavy atom. The zero-order valence-electron chi connectivity index (χ0n) is 12.9. The van der Waals surface area contributed by atoms with Crippen LogP contribution in [0.1, 0.15) is 41.5 Å². The van der Waals surface area contributed by atoms with Gasteiger partial charge in [0.1, 0.15) is 0 Å². The lowest BCUT2D eigenvalue weighted by Gasteiger charge is -2.21. The van der Waals surface area contributed by atoms with Gasteiger partial charge < -0.3 is 0 Å². The van der Waals surface area contributed by atoms with Crippen molar-refractivity contribution in [3.8, 4) is 0 Å². The van der Waals surface area contributed by atoms with Crippen LogP contribution in [0.5, 0.6) is 0 Å². The minimum Gasteiger partial charge on any atom is -0.0882 e. The van der Waals surface area contributed by atoms with E-state index in [1.807, 2.05) is 0 Å². The van der Waals surface area contributed by atoms with Gasteiger partial charge in [-0.2, -0.15) is 0 Å². The number of rotatable bonds is 2. The first-order chi connectivity index (χ1) is 9.68. The summed E-state index contributed by atoms with van der Waals surface area (Å²) in [6.07, 6.45) is 9.97. The van der Waals surface area contributed by atoms with E-state index in [1.165, 1.54) is 53.1 Å². The van der Waals surface area contributed by atoms with Crippen molar-refractivity contribution in [2.24, 2.45) is 5.92 Å². The van der Waals surface area contributed by atoms with Gasteiger partial charge in [-0.15, -0.1) is 0 Å². The molecule has 20 heavy (non-hydrogen) atoms. The molecule has 0 heteroatoms. The van der Waals surface area contributed by atoms with Crippen LogP contribution >= 0.6 is 0 Å². The quantitative estimate of drug-likeness (QED) is 0.614. The maximum Gasteiger partial charge on any atom is -0.0146 e. The lowest BCUT2D eigenvalue weighted by Crippen LogP contribution is -2.08. The highest BCUT2D eigenvalue weighted by Crippen LogP contribution is 2.32. The Morgan fingerprint density at radius 1 is 0.950 bits per heavy atom. The Labute approximate surface area is 122 Å². The molecule has 0 bridgehead atoms. The molecule has 0 saturated heterocycles. The van der Waals surface area contributed by atoms with E-state index in [-0.39, 0.29) is 0 Å². The van der Waals surface area contributed by atoms with Crippen LogP contribution in [0, 0.1) is 26.7 Å². The second kappa shape index (κ2) is 5.44. The molecule has 2 aromatic carbocycles. The summed E-state index contributed by atoms with van der Waals surface area (Å²) < 4.78 is 0. The van der Waals surface area contributed by atoms with Gasteiger partial charge in [0.15, 0.2) is 0 Å². The fraction of sp³-hybridized carbons (Fsp3) is 0.400. The van der Waals surface area contributed by atoms with Gasteiger partial charge in [-0.3, -0.25) is 0 Å². The summed E-state index contributed by atoms with van der Waals surface area (Å²) in [5.74, 6) is 0.730. The van der Waals surface area contributed by atoms with E-state index in [0.29, 0.717) is 0 Å². The molecule has 0 saturated carbocycles. The lowest BCUT2D eigenvalue weighted by molar-refractivity contribution is 0.539. The first-order valence-corrected chi connectivity index (χ1v) is 7.82. The SMILES string of the molecule is Cc1c(C)c(CC2C=CCCC2)c2ccccc2c1C. The summed E-state index contributed by atoms with van der Waals surface area (Å²) in [6.45, 7) is 6.84. The minimum atomic E-state index is 0.730. The standard InChI is InChI=1S/C20H24/c1-14-15(2)18-11-7-8-12-19(18)20(16(14)3)13-17-9-5-4-6-10-17/h5,7-9,11-12,17H,4,6,10,13H2,1-3H3. The van der Waals surface area contributed by atoms with Crippen LogP contribution < -0.4 is 0 Å². The molecule has 3 rings (SSSR count). The van der Waals surface area contributed by atoms with Crippen molar-refractivity contribution in [3.63, 3.8) is 0 Å². The topological polar surface area (TPSA) is 0 Å². The summed E-state index contributed by atoms with van der Waals surface area (Å²) in [5, 5.41) is 2.90. The molecule has 2 aromatic rings. The van der Waals surface area contributed by atoms with Gasteiger partial charge in [0.05, 0.1) is 0 Å². The molecule has 1 unspecified atom stereocenters. The van der Waals surface area contributed by atoms with Crippen molar-refractivity contribution in [3.05, 3.63) is 58.7 Å². The van der Waals surface area contributed by atoms with Crippen LogP contribution in [0.15, 0.2) is 36.4 Å². The normalized spacial score (nSPS) is 18.6.